The molecule has 0 spiro atoms. The number of likely N-dealkylation sites (N-methyl/N-ethyl adjacent to an activating group) is 1. The third-order valence-electron chi connectivity index (χ3n) is 3.37. The summed E-state index contributed by atoms with van der Waals surface area (Å²) in [4.78, 5) is 18.1. The summed E-state index contributed by atoms with van der Waals surface area (Å²) in [5.41, 5.74) is 4.18. The zero-order valence-corrected chi connectivity index (χ0v) is 12.1. The zero-order chi connectivity index (χ0) is 13.4. The number of rotatable bonds is 3. The molecule has 2 heterocycles. The lowest BCUT2D eigenvalue weighted by molar-refractivity contribution is 0.101. The molecule has 0 N–H and O–H groups in total. The number of thiazole rings is 1. The molecule has 0 saturated carbocycles. The molecule has 3 nitrogen and oxygen atoms in total. The highest BCUT2D eigenvalue weighted by Gasteiger charge is 2.17. The van der Waals surface area contributed by atoms with Crippen LogP contribution in [0.1, 0.15) is 16.1 Å². The predicted molar refractivity (Wildman–Crippen MR) is 79.6 cm³/mol. The van der Waals surface area contributed by atoms with Gasteiger partial charge in [0, 0.05) is 30.2 Å². The molecule has 0 aliphatic carbocycles. The molecule has 1 aliphatic rings. The number of aromatic nitrogens is 1. The molecule has 1 aromatic heterocycles. The molecule has 2 aromatic rings. The summed E-state index contributed by atoms with van der Waals surface area (Å²) in [6.45, 7) is 1.06. The number of fused-ring (bicyclic) bond motifs is 1. The van der Waals surface area contributed by atoms with Gasteiger partial charge < -0.3 is 4.90 Å². The van der Waals surface area contributed by atoms with Crippen molar-refractivity contribution in [1.29, 1.82) is 0 Å². The van der Waals surface area contributed by atoms with Crippen LogP contribution in [0.4, 0.5) is 5.69 Å². The number of Topliss-reactive ketones (excluding diaryl/α,β-unsaturated/α-hetero) is 1. The first-order valence-electron chi connectivity index (χ1n) is 6.08. The van der Waals surface area contributed by atoms with Crippen molar-refractivity contribution in [3.05, 3.63) is 34.8 Å². The van der Waals surface area contributed by atoms with Crippen LogP contribution >= 0.6 is 22.9 Å². The topological polar surface area (TPSA) is 33.2 Å². The van der Waals surface area contributed by atoms with Crippen LogP contribution < -0.4 is 4.90 Å². The molecule has 0 amide bonds. The van der Waals surface area contributed by atoms with Gasteiger partial charge in [0.15, 0.2) is 5.78 Å². The Bertz CT molecular complexity index is 638. The molecular weight excluding hydrogens is 280 g/mol. The van der Waals surface area contributed by atoms with E-state index in [-0.39, 0.29) is 11.7 Å². The molecule has 0 bridgehead atoms. The zero-order valence-electron chi connectivity index (χ0n) is 10.5. The van der Waals surface area contributed by atoms with E-state index in [1.54, 1.807) is 5.38 Å². The van der Waals surface area contributed by atoms with Crippen LogP contribution in [0.5, 0.6) is 0 Å². The Balaban J connectivity index is 1.95. The molecule has 19 heavy (non-hydrogen) atoms. The maximum Gasteiger partial charge on any atom is 0.196 e. The van der Waals surface area contributed by atoms with Crippen LogP contribution in [0.3, 0.4) is 0 Å². The van der Waals surface area contributed by atoms with E-state index in [1.165, 1.54) is 22.6 Å². The number of anilines is 1. The quantitative estimate of drug-likeness (QED) is 0.643. The van der Waals surface area contributed by atoms with Crippen molar-refractivity contribution in [1.82, 2.24) is 4.98 Å². The average Bonchev–Trinajstić information content (AvgIpc) is 3.05. The number of halogens is 1. The molecule has 0 atom stereocenters. The standard InChI is InChI=1S/C14H13ClN2OS/c1-17-5-4-9-6-10(2-3-12(9)17)14-16-11(8-19-14)13(18)7-15/h2-3,6,8H,4-5,7H2,1H3. The second-order valence-electron chi connectivity index (χ2n) is 4.61. The molecular formula is C14H13ClN2OS. The molecule has 1 aliphatic heterocycles. The van der Waals surface area contributed by atoms with Gasteiger partial charge in [0.25, 0.3) is 0 Å². The summed E-state index contributed by atoms with van der Waals surface area (Å²) in [5, 5.41) is 2.66. The highest BCUT2D eigenvalue weighted by Crippen LogP contribution is 2.32. The van der Waals surface area contributed by atoms with E-state index in [0.717, 1.165) is 23.5 Å². The van der Waals surface area contributed by atoms with Crippen molar-refractivity contribution in [3.63, 3.8) is 0 Å². The smallest absolute Gasteiger partial charge is 0.196 e. The normalized spacial score (nSPS) is 13.7. The predicted octanol–water partition coefficient (Wildman–Crippen LogP) is 3.22. The minimum atomic E-state index is -0.120. The molecule has 0 radical (unpaired) electrons. The van der Waals surface area contributed by atoms with E-state index >= 15 is 0 Å². The molecule has 98 valence electrons. The van der Waals surface area contributed by atoms with Gasteiger partial charge in [-0.1, -0.05) is 0 Å². The fourth-order valence-corrected chi connectivity index (χ4v) is 3.26. The number of carbonyl (C=O) groups is 1. The van der Waals surface area contributed by atoms with Crippen molar-refractivity contribution in [2.75, 3.05) is 24.4 Å². The van der Waals surface area contributed by atoms with E-state index in [2.05, 4.69) is 35.1 Å². The van der Waals surface area contributed by atoms with Gasteiger partial charge in [0.1, 0.15) is 10.7 Å². The number of alkyl halides is 1. The molecule has 0 saturated heterocycles. The summed E-state index contributed by atoms with van der Waals surface area (Å²) < 4.78 is 0. The maximum atomic E-state index is 11.5. The lowest BCUT2D eigenvalue weighted by atomic mass is 10.1. The summed E-state index contributed by atoms with van der Waals surface area (Å²) in [7, 11) is 2.10. The van der Waals surface area contributed by atoms with Gasteiger partial charge in [-0.3, -0.25) is 4.79 Å². The minimum Gasteiger partial charge on any atom is -0.374 e. The van der Waals surface area contributed by atoms with Crippen molar-refractivity contribution in [2.24, 2.45) is 0 Å². The Morgan fingerprint density at radius 3 is 3.16 bits per heavy atom. The lowest BCUT2D eigenvalue weighted by Gasteiger charge is -2.11. The van der Waals surface area contributed by atoms with Gasteiger partial charge >= 0.3 is 0 Å². The number of hydrogen-bond acceptors (Lipinski definition) is 4. The fraction of sp³-hybridized carbons (Fsp3) is 0.286. The third kappa shape index (κ3) is 2.26. The van der Waals surface area contributed by atoms with E-state index in [9.17, 15) is 4.79 Å². The van der Waals surface area contributed by atoms with Crippen molar-refractivity contribution in [3.8, 4) is 10.6 Å². The molecule has 3 rings (SSSR count). The second kappa shape index (κ2) is 4.94. The van der Waals surface area contributed by atoms with Gasteiger partial charge in [0.05, 0.1) is 5.88 Å². The van der Waals surface area contributed by atoms with Crippen LogP contribution in [0.25, 0.3) is 10.6 Å². The first-order chi connectivity index (χ1) is 9.19. The highest BCUT2D eigenvalue weighted by molar-refractivity contribution is 7.13. The number of carbonyl (C=O) groups excluding carboxylic acids is 1. The summed E-state index contributed by atoms with van der Waals surface area (Å²) in [6, 6.07) is 6.36. The number of benzene rings is 1. The summed E-state index contributed by atoms with van der Waals surface area (Å²) in [6.07, 6.45) is 1.07. The van der Waals surface area contributed by atoms with Crippen molar-refractivity contribution >= 4 is 34.4 Å². The van der Waals surface area contributed by atoms with Crippen molar-refractivity contribution in [2.45, 2.75) is 6.42 Å². The summed E-state index contributed by atoms with van der Waals surface area (Å²) in [5.74, 6) is -0.136. The first kappa shape index (κ1) is 12.6. The maximum absolute atomic E-state index is 11.5. The van der Waals surface area contributed by atoms with Gasteiger partial charge in [-0.05, 0) is 30.2 Å². The highest BCUT2D eigenvalue weighted by atomic mass is 35.5. The Morgan fingerprint density at radius 2 is 2.37 bits per heavy atom. The van der Waals surface area contributed by atoms with Crippen LogP contribution in [-0.2, 0) is 6.42 Å². The van der Waals surface area contributed by atoms with Gasteiger partial charge in [-0.2, -0.15) is 0 Å². The van der Waals surface area contributed by atoms with Crippen molar-refractivity contribution < 1.29 is 4.79 Å². The minimum absolute atomic E-state index is 0.0157. The number of ketones is 1. The Hall–Kier alpha value is -1.39. The molecule has 0 unspecified atom stereocenters. The first-order valence-corrected chi connectivity index (χ1v) is 7.49. The average molecular weight is 293 g/mol. The van der Waals surface area contributed by atoms with E-state index in [1.807, 2.05) is 0 Å². The van der Waals surface area contributed by atoms with Gasteiger partial charge in [-0.25, -0.2) is 4.98 Å². The van der Waals surface area contributed by atoms with E-state index in [4.69, 9.17) is 11.6 Å². The number of hydrogen-bond donors (Lipinski definition) is 0. The molecule has 0 fully saturated rings. The lowest BCUT2D eigenvalue weighted by Crippen LogP contribution is -2.12. The van der Waals surface area contributed by atoms with E-state index < -0.39 is 0 Å². The van der Waals surface area contributed by atoms with Gasteiger partial charge in [-0.15, -0.1) is 22.9 Å². The fourth-order valence-electron chi connectivity index (χ4n) is 2.30. The monoisotopic (exact) mass is 292 g/mol. The van der Waals surface area contributed by atoms with Crippen LogP contribution in [0.2, 0.25) is 0 Å². The SMILES string of the molecule is CN1CCc2cc(-c3nc(C(=O)CCl)cs3)ccc21. The second-order valence-corrected chi connectivity index (χ2v) is 5.74. The Kier molecular flexibility index (Phi) is 3.29. The largest absolute Gasteiger partial charge is 0.374 e. The van der Waals surface area contributed by atoms with Gasteiger partial charge in [0.2, 0.25) is 0 Å². The molecule has 5 heteroatoms. The number of nitrogens with zero attached hydrogens (tertiary/aromatic N) is 2. The third-order valence-corrected chi connectivity index (χ3v) is 4.50. The van der Waals surface area contributed by atoms with Crippen LogP contribution in [0, 0.1) is 0 Å². The van der Waals surface area contributed by atoms with Crippen LogP contribution in [0.15, 0.2) is 23.6 Å². The molecule has 1 aromatic carbocycles. The van der Waals surface area contributed by atoms with E-state index in [0.29, 0.717) is 5.69 Å². The Morgan fingerprint density at radius 1 is 1.53 bits per heavy atom. The van der Waals surface area contributed by atoms with Crippen LogP contribution in [-0.4, -0.2) is 30.2 Å². The summed E-state index contributed by atoms with van der Waals surface area (Å²) >= 11 is 7.03. The Labute approximate surface area is 120 Å².